The molecular weight excluding hydrogens is 216 g/mol. The van der Waals surface area contributed by atoms with Gasteiger partial charge in [0.05, 0.1) is 0 Å². The molecule has 0 spiro atoms. The van der Waals surface area contributed by atoms with Gasteiger partial charge in [-0.3, -0.25) is 0 Å². The van der Waals surface area contributed by atoms with Gasteiger partial charge in [0.25, 0.3) is 0 Å². The summed E-state index contributed by atoms with van der Waals surface area (Å²) in [6, 6.07) is 1.99. The van der Waals surface area contributed by atoms with E-state index >= 15 is 0 Å². The molecule has 0 fully saturated rings. The molecule has 0 saturated carbocycles. The Kier molecular flexibility index (Phi) is 4.63. The smallest absolute Gasteiger partial charge is 0.354 e. The first-order chi connectivity index (χ1) is 8.01. The second kappa shape index (κ2) is 5.77. The molecule has 0 saturated heterocycles. The van der Waals surface area contributed by atoms with Gasteiger partial charge in [0.15, 0.2) is 5.69 Å². The fourth-order valence-electron chi connectivity index (χ4n) is 1.84. The minimum Gasteiger partial charge on any atom is -0.477 e. The van der Waals surface area contributed by atoms with Crippen LogP contribution in [0.1, 0.15) is 54.7 Å². The van der Waals surface area contributed by atoms with Crippen LogP contribution < -0.4 is 5.73 Å². The molecule has 17 heavy (non-hydrogen) atoms. The molecule has 1 aromatic heterocycles. The first-order valence-electron chi connectivity index (χ1n) is 5.98. The van der Waals surface area contributed by atoms with Gasteiger partial charge in [0.2, 0.25) is 0 Å². The Morgan fingerprint density at radius 2 is 2.18 bits per heavy atom. The number of hydrogen-bond donors (Lipinski definition) is 2. The lowest BCUT2D eigenvalue weighted by atomic mass is 9.92. The summed E-state index contributed by atoms with van der Waals surface area (Å²) in [5, 5.41) is 8.99. The minimum atomic E-state index is -0.971. The van der Waals surface area contributed by atoms with Gasteiger partial charge in [-0.1, -0.05) is 26.8 Å². The molecule has 0 aromatic carbocycles. The molecule has 0 aliphatic rings. The lowest BCUT2D eigenvalue weighted by molar-refractivity contribution is 0.0689. The van der Waals surface area contributed by atoms with Crippen LogP contribution in [0.25, 0.3) is 0 Å². The maximum atomic E-state index is 11.0. The Morgan fingerprint density at radius 1 is 1.53 bits per heavy atom. The molecule has 1 rings (SSSR count). The monoisotopic (exact) mass is 236 g/mol. The lowest BCUT2D eigenvalue weighted by Gasteiger charge is -2.19. The van der Waals surface area contributed by atoms with Crippen molar-refractivity contribution in [3.63, 3.8) is 0 Å². The Hall–Kier alpha value is -1.42. The first kappa shape index (κ1) is 13.6. The maximum absolute atomic E-state index is 11.0. The van der Waals surface area contributed by atoms with Crippen LogP contribution in [0.3, 0.4) is 0 Å². The molecule has 2 unspecified atom stereocenters. The fourth-order valence-corrected chi connectivity index (χ4v) is 1.84. The number of pyridine rings is 1. The van der Waals surface area contributed by atoms with E-state index in [0.29, 0.717) is 6.42 Å². The van der Waals surface area contributed by atoms with E-state index in [1.807, 2.05) is 26.8 Å². The molecule has 4 heteroatoms. The van der Waals surface area contributed by atoms with Crippen molar-refractivity contribution in [2.45, 2.75) is 45.6 Å². The number of carbonyl (C=O) groups is 1. The number of aryl methyl sites for hydroxylation is 1. The highest BCUT2D eigenvalue weighted by atomic mass is 16.4. The van der Waals surface area contributed by atoms with E-state index in [0.717, 1.165) is 17.5 Å². The predicted octanol–water partition coefficient (Wildman–Crippen LogP) is 2.18. The number of nitrogens with two attached hydrogens (primary N) is 1. The van der Waals surface area contributed by atoms with Crippen molar-refractivity contribution in [2.75, 3.05) is 0 Å². The molecule has 4 nitrogen and oxygen atoms in total. The third kappa shape index (κ3) is 3.03. The largest absolute Gasteiger partial charge is 0.477 e. The van der Waals surface area contributed by atoms with Crippen molar-refractivity contribution in [1.82, 2.24) is 4.98 Å². The predicted molar refractivity (Wildman–Crippen MR) is 67.3 cm³/mol. The Bertz CT molecular complexity index is 404. The van der Waals surface area contributed by atoms with Crippen molar-refractivity contribution in [1.29, 1.82) is 0 Å². The van der Waals surface area contributed by atoms with E-state index < -0.39 is 5.97 Å². The van der Waals surface area contributed by atoms with Crippen LogP contribution in [-0.4, -0.2) is 22.1 Å². The first-order valence-corrected chi connectivity index (χ1v) is 5.98. The van der Waals surface area contributed by atoms with Gasteiger partial charge >= 0.3 is 5.97 Å². The summed E-state index contributed by atoms with van der Waals surface area (Å²) in [4.78, 5) is 15.0. The highest BCUT2D eigenvalue weighted by molar-refractivity contribution is 5.87. The second-order valence-electron chi connectivity index (χ2n) is 4.30. The molecule has 2 atom stereocenters. The number of aromatic nitrogens is 1. The van der Waals surface area contributed by atoms with Crippen LogP contribution in [0, 0.1) is 0 Å². The molecule has 0 aliphatic heterocycles. The van der Waals surface area contributed by atoms with E-state index in [1.165, 1.54) is 0 Å². The van der Waals surface area contributed by atoms with Crippen molar-refractivity contribution in [2.24, 2.45) is 5.73 Å². The topological polar surface area (TPSA) is 76.2 Å². The lowest BCUT2D eigenvalue weighted by Crippen LogP contribution is -2.26. The number of hydrogen-bond acceptors (Lipinski definition) is 3. The summed E-state index contributed by atoms with van der Waals surface area (Å²) in [5.41, 5.74) is 7.92. The van der Waals surface area contributed by atoms with E-state index in [-0.39, 0.29) is 17.7 Å². The molecule has 0 radical (unpaired) electrons. The van der Waals surface area contributed by atoms with Gasteiger partial charge in [-0.05, 0) is 29.9 Å². The molecular formula is C13H20N2O2. The molecule has 0 bridgehead atoms. The molecule has 0 aliphatic carbocycles. The number of carboxylic acids is 1. The Labute approximate surface area is 102 Å². The number of carboxylic acid groups (broad SMARTS) is 1. The molecule has 3 N–H and O–H groups in total. The molecule has 94 valence electrons. The van der Waals surface area contributed by atoms with Crippen LogP contribution >= 0.6 is 0 Å². The highest BCUT2D eigenvalue weighted by Gasteiger charge is 2.17. The van der Waals surface area contributed by atoms with Crippen LogP contribution in [0.15, 0.2) is 12.3 Å². The molecule has 0 amide bonds. The summed E-state index contributed by atoms with van der Waals surface area (Å²) in [5.74, 6) is -0.776. The third-order valence-corrected chi connectivity index (χ3v) is 3.21. The number of rotatable bonds is 5. The van der Waals surface area contributed by atoms with Crippen LogP contribution in [-0.2, 0) is 6.42 Å². The van der Waals surface area contributed by atoms with Crippen molar-refractivity contribution in [3.05, 3.63) is 29.1 Å². The summed E-state index contributed by atoms with van der Waals surface area (Å²) < 4.78 is 0. The average molecular weight is 236 g/mol. The van der Waals surface area contributed by atoms with E-state index in [1.54, 1.807) is 6.20 Å². The van der Waals surface area contributed by atoms with Gasteiger partial charge < -0.3 is 10.8 Å². The highest BCUT2D eigenvalue weighted by Crippen LogP contribution is 2.21. The SMILES string of the molecule is CCc1cc(C(C)C(N)CC)cnc1C(=O)O. The van der Waals surface area contributed by atoms with Crippen LogP contribution in [0.2, 0.25) is 0 Å². The zero-order chi connectivity index (χ0) is 13.0. The Morgan fingerprint density at radius 3 is 2.65 bits per heavy atom. The minimum absolute atomic E-state index is 0.0807. The van der Waals surface area contributed by atoms with Gasteiger partial charge in [0, 0.05) is 12.2 Å². The second-order valence-corrected chi connectivity index (χ2v) is 4.30. The normalized spacial score (nSPS) is 14.4. The number of nitrogens with zero attached hydrogens (tertiary/aromatic N) is 1. The van der Waals surface area contributed by atoms with Crippen LogP contribution in [0.4, 0.5) is 0 Å². The summed E-state index contributed by atoms with van der Waals surface area (Å²) in [6.07, 6.45) is 3.18. The van der Waals surface area contributed by atoms with Gasteiger partial charge in [-0.25, -0.2) is 9.78 Å². The maximum Gasteiger partial charge on any atom is 0.354 e. The van der Waals surface area contributed by atoms with E-state index in [4.69, 9.17) is 10.8 Å². The van der Waals surface area contributed by atoms with E-state index in [9.17, 15) is 4.79 Å². The van der Waals surface area contributed by atoms with Crippen molar-refractivity contribution < 1.29 is 9.90 Å². The summed E-state index contributed by atoms with van der Waals surface area (Å²) in [7, 11) is 0. The van der Waals surface area contributed by atoms with Gasteiger partial charge in [0.1, 0.15) is 0 Å². The fraction of sp³-hybridized carbons (Fsp3) is 0.538. The standard InChI is InChI=1S/C13H20N2O2/c1-4-9-6-10(8(3)11(14)5-2)7-15-12(9)13(16)17/h6-8,11H,4-5,14H2,1-3H3,(H,16,17). The summed E-state index contributed by atoms with van der Waals surface area (Å²) in [6.45, 7) is 6.02. The van der Waals surface area contributed by atoms with Crippen molar-refractivity contribution >= 4 is 5.97 Å². The van der Waals surface area contributed by atoms with Crippen LogP contribution in [0.5, 0.6) is 0 Å². The van der Waals surface area contributed by atoms with Gasteiger partial charge in [-0.15, -0.1) is 0 Å². The quantitative estimate of drug-likeness (QED) is 0.821. The average Bonchev–Trinajstić information content (AvgIpc) is 2.35. The number of aromatic carboxylic acids is 1. The zero-order valence-electron chi connectivity index (χ0n) is 10.6. The van der Waals surface area contributed by atoms with E-state index in [2.05, 4.69) is 4.98 Å². The molecule has 1 aromatic rings. The Balaban J connectivity index is 3.09. The zero-order valence-corrected chi connectivity index (χ0v) is 10.6. The molecule has 1 heterocycles. The third-order valence-electron chi connectivity index (χ3n) is 3.21. The van der Waals surface area contributed by atoms with Crippen molar-refractivity contribution in [3.8, 4) is 0 Å². The summed E-state index contributed by atoms with van der Waals surface area (Å²) >= 11 is 0. The van der Waals surface area contributed by atoms with Gasteiger partial charge in [-0.2, -0.15) is 0 Å².